The summed E-state index contributed by atoms with van der Waals surface area (Å²) >= 11 is 0. The minimum absolute atomic E-state index is 0.0314. The highest BCUT2D eigenvalue weighted by Crippen LogP contribution is 2.11. The molecule has 114 valence electrons. The van der Waals surface area contributed by atoms with Crippen LogP contribution in [-0.4, -0.2) is 51.2 Å². The van der Waals surface area contributed by atoms with E-state index >= 15 is 0 Å². The maximum Gasteiger partial charge on any atom is 0.279 e. The van der Waals surface area contributed by atoms with Crippen LogP contribution in [0.1, 0.15) is 12.0 Å². The molecule has 0 spiro atoms. The van der Waals surface area contributed by atoms with Crippen molar-refractivity contribution in [3.05, 3.63) is 29.8 Å². The Morgan fingerprint density at radius 3 is 2.80 bits per heavy atom. The van der Waals surface area contributed by atoms with E-state index in [0.717, 1.165) is 11.3 Å². The average Bonchev–Trinajstić information content (AvgIpc) is 2.41. The summed E-state index contributed by atoms with van der Waals surface area (Å²) in [5.41, 5.74) is 1.09. The summed E-state index contributed by atoms with van der Waals surface area (Å²) in [4.78, 5) is 0. The predicted molar refractivity (Wildman–Crippen MR) is 77.9 cm³/mol. The topological polar surface area (TPSA) is 78.9 Å². The highest BCUT2D eigenvalue weighted by Gasteiger charge is 2.15. The molecular formula is C13H22N2O4S. The van der Waals surface area contributed by atoms with E-state index in [9.17, 15) is 8.42 Å². The Morgan fingerprint density at radius 1 is 1.40 bits per heavy atom. The first-order chi connectivity index (χ1) is 9.45. The molecule has 20 heavy (non-hydrogen) atoms. The molecule has 0 amide bonds. The first-order valence-corrected chi connectivity index (χ1v) is 7.91. The molecular weight excluding hydrogens is 280 g/mol. The molecule has 6 nitrogen and oxygen atoms in total. The molecule has 0 unspecified atom stereocenters. The summed E-state index contributed by atoms with van der Waals surface area (Å²) in [6.45, 7) is 2.67. The molecule has 0 aliphatic rings. The average molecular weight is 302 g/mol. The Hall–Kier alpha value is -1.15. The van der Waals surface area contributed by atoms with Crippen LogP contribution < -0.4 is 9.46 Å². The SMILES string of the molecule is Cc1cccc(OCCNS(=O)(=O)N(C)CCCO)c1. The molecule has 7 heteroatoms. The third-order valence-corrected chi connectivity index (χ3v) is 4.26. The lowest BCUT2D eigenvalue weighted by Gasteiger charge is -2.17. The van der Waals surface area contributed by atoms with Crippen LogP contribution in [0.5, 0.6) is 5.75 Å². The molecule has 0 fully saturated rings. The van der Waals surface area contributed by atoms with E-state index in [4.69, 9.17) is 9.84 Å². The minimum Gasteiger partial charge on any atom is -0.492 e. The Morgan fingerprint density at radius 2 is 2.15 bits per heavy atom. The number of nitrogens with zero attached hydrogens (tertiary/aromatic N) is 1. The van der Waals surface area contributed by atoms with Gasteiger partial charge >= 0.3 is 0 Å². The molecule has 0 aliphatic carbocycles. The monoisotopic (exact) mass is 302 g/mol. The van der Waals surface area contributed by atoms with Crippen molar-refractivity contribution in [1.29, 1.82) is 0 Å². The van der Waals surface area contributed by atoms with Gasteiger partial charge in [-0.2, -0.15) is 17.4 Å². The van der Waals surface area contributed by atoms with Crippen molar-refractivity contribution < 1.29 is 18.3 Å². The third kappa shape index (κ3) is 5.87. The van der Waals surface area contributed by atoms with E-state index < -0.39 is 10.2 Å². The lowest BCUT2D eigenvalue weighted by atomic mass is 10.2. The highest BCUT2D eigenvalue weighted by molar-refractivity contribution is 7.87. The number of aliphatic hydroxyl groups is 1. The molecule has 1 aromatic carbocycles. The van der Waals surface area contributed by atoms with Gasteiger partial charge in [-0.25, -0.2) is 0 Å². The summed E-state index contributed by atoms with van der Waals surface area (Å²) < 4.78 is 32.6. The first-order valence-electron chi connectivity index (χ1n) is 6.47. The number of aliphatic hydroxyl groups excluding tert-OH is 1. The fourth-order valence-corrected chi connectivity index (χ4v) is 2.50. The second-order valence-electron chi connectivity index (χ2n) is 4.46. The van der Waals surface area contributed by atoms with E-state index in [1.165, 1.54) is 11.4 Å². The van der Waals surface area contributed by atoms with Gasteiger partial charge in [0.05, 0.1) is 0 Å². The number of aryl methyl sites for hydroxylation is 1. The number of hydrogen-bond donors (Lipinski definition) is 2. The van der Waals surface area contributed by atoms with E-state index in [2.05, 4.69) is 4.72 Å². The largest absolute Gasteiger partial charge is 0.492 e. The van der Waals surface area contributed by atoms with Crippen molar-refractivity contribution in [1.82, 2.24) is 9.03 Å². The molecule has 0 bridgehead atoms. The Labute approximate surface area is 120 Å². The van der Waals surface area contributed by atoms with E-state index in [1.807, 2.05) is 31.2 Å². The molecule has 0 radical (unpaired) electrons. The Balaban J connectivity index is 2.33. The van der Waals surface area contributed by atoms with Crippen molar-refractivity contribution in [2.45, 2.75) is 13.3 Å². The summed E-state index contributed by atoms with van der Waals surface area (Å²) in [5.74, 6) is 0.720. The van der Waals surface area contributed by atoms with Crippen molar-refractivity contribution in [2.75, 3.05) is 33.4 Å². The normalized spacial score (nSPS) is 11.8. The van der Waals surface area contributed by atoms with Crippen LogP contribution in [-0.2, 0) is 10.2 Å². The second kappa shape index (κ2) is 8.21. The summed E-state index contributed by atoms with van der Waals surface area (Å²) in [6, 6.07) is 7.57. The Kier molecular flexibility index (Phi) is 6.94. The zero-order valence-corrected chi connectivity index (χ0v) is 12.7. The van der Waals surface area contributed by atoms with Gasteiger partial charge in [-0.3, -0.25) is 0 Å². The number of rotatable bonds is 9. The van der Waals surface area contributed by atoms with Crippen LogP contribution in [0.25, 0.3) is 0 Å². The van der Waals surface area contributed by atoms with Crippen molar-refractivity contribution in [3.63, 3.8) is 0 Å². The van der Waals surface area contributed by atoms with Gasteiger partial charge in [0.2, 0.25) is 0 Å². The first kappa shape index (κ1) is 16.9. The number of ether oxygens (including phenoxy) is 1. The molecule has 0 aliphatic heterocycles. The third-order valence-electron chi connectivity index (χ3n) is 2.69. The van der Waals surface area contributed by atoms with E-state index in [-0.39, 0.29) is 26.3 Å². The fraction of sp³-hybridized carbons (Fsp3) is 0.538. The molecule has 0 aromatic heterocycles. The zero-order valence-electron chi connectivity index (χ0n) is 11.9. The van der Waals surface area contributed by atoms with Crippen LogP contribution in [0.3, 0.4) is 0 Å². The van der Waals surface area contributed by atoms with Gasteiger partial charge in [-0.05, 0) is 31.0 Å². The van der Waals surface area contributed by atoms with Gasteiger partial charge in [0.1, 0.15) is 12.4 Å². The maximum atomic E-state index is 11.8. The molecule has 2 N–H and O–H groups in total. The van der Waals surface area contributed by atoms with Crippen molar-refractivity contribution in [2.24, 2.45) is 0 Å². The standard InChI is InChI=1S/C13H22N2O4S/c1-12-5-3-6-13(11-12)19-10-7-14-20(17,18)15(2)8-4-9-16/h3,5-6,11,14,16H,4,7-10H2,1-2H3. The van der Waals surface area contributed by atoms with Gasteiger partial charge in [0.15, 0.2) is 0 Å². The highest BCUT2D eigenvalue weighted by atomic mass is 32.2. The summed E-state index contributed by atoms with van der Waals surface area (Å²) in [7, 11) is -2.03. The predicted octanol–water partition coefficient (Wildman–Crippen LogP) is 0.522. The molecule has 0 saturated carbocycles. The molecule has 1 rings (SSSR count). The minimum atomic E-state index is -3.50. The quantitative estimate of drug-likeness (QED) is 0.652. The fourth-order valence-electron chi connectivity index (χ4n) is 1.57. The van der Waals surface area contributed by atoms with Crippen LogP contribution in [0.4, 0.5) is 0 Å². The van der Waals surface area contributed by atoms with Gasteiger partial charge in [0, 0.05) is 26.7 Å². The number of hydrogen-bond acceptors (Lipinski definition) is 4. The van der Waals surface area contributed by atoms with Crippen LogP contribution in [0.15, 0.2) is 24.3 Å². The van der Waals surface area contributed by atoms with Crippen LogP contribution in [0.2, 0.25) is 0 Å². The Bertz CT molecular complexity index is 505. The molecule has 0 atom stereocenters. The maximum absolute atomic E-state index is 11.8. The van der Waals surface area contributed by atoms with Crippen molar-refractivity contribution in [3.8, 4) is 5.75 Å². The molecule has 0 saturated heterocycles. The summed E-state index contributed by atoms with van der Waals surface area (Å²) in [6.07, 6.45) is 0.414. The lowest BCUT2D eigenvalue weighted by molar-refractivity contribution is 0.274. The number of nitrogens with one attached hydrogen (secondary N) is 1. The lowest BCUT2D eigenvalue weighted by Crippen LogP contribution is -2.40. The van der Waals surface area contributed by atoms with E-state index in [1.54, 1.807) is 0 Å². The van der Waals surface area contributed by atoms with E-state index in [0.29, 0.717) is 6.42 Å². The second-order valence-corrected chi connectivity index (χ2v) is 6.33. The van der Waals surface area contributed by atoms with Gasteiger partial charge < -0.3 is 9.84 Å². The van der Waals surface area contributed by atoms with Gasteiger partial charge in [0.25, 0.3) is 10.2 Å². The molecule has 0 heterocycles. The molecule has 1 aromatic rings. The zero-order chi connectivity index (χ0) is 15.0. The van der Waals surface area contributed by atoms with Gasteiger partial charge in [-0.1, -0.05) is 12.1 Å². The number of benzene rings is 1. The summed E-state index contributed by atoms with van der Waals surface area (Å²) in [5, 5.41) is 8.68. The van der Waals surface area contributed by atoms with Crippen molar-refractivity contribution >= 4 is 10.2 Å². The van der Waals surface area contributed by atoms with Crippen LogP contribution in [0, 0.1) is 6.92 Å². The smallest absolute Gasteiger partial charge is 0.279 e. The van der Waals surface area contributed by atoms with Crippen LogP contribution >= 0.6 is 0 Å². The van der Waals surface area contributed by atoms with Gasteiger partial charge in [-0.15, -0.1) is 0 Å².